The van der Waals surface area contributed by atoms with Crippen LogP contribution in [-0.4, -0.2) is 396 Å². The second kappa shape index (κ2) is 81.0. The molecule has 18 nitrogen and oxygen atoms in total. The Hall–Kier alpha value is -0.720. The van der Waals surface area contributed by atoms with E-state index in [1.165, 1.54) is 433 Å². The van der Waals surface area contributed by atoms with Gasteiger partial charge in [0.15, 0.2) is 0 Å². The molecule has 656 valence electrons. The van der Waals surface area contributed by atoms with E-state index in [1.54, 1.807) is 0 Å². The summed E-state index contributed by atoms with van der Waals surface area (Å²) in [7, 11) is 32.5. The van der Waals surface area contributed by atoms with E-state index in [-0.39, 0.29) is 7.43 Å². The molecular weight excluding hydrogens is 1350 g/mol. The maximum Gasteiger partial charge on any atom is 0.0987 e. The first kappa shape index (κ1) is 108. The summed E-state index contributed by atoms with van der Waals surface area (Å²) < 4.78 is 10.2. The minimum Gasteiger partial charge on any atom is -0.379 e. The fourth-order valence-electron chi connectivity index (χ4n) is 15.3. The Bertz CT molecular complexity index is 1350. The van der Waals surface area contributed by atoms with Gasteiger partial charge in [-0.15, -0.1) is 0 Å². The highest BCUT2D eigenvalue weighted by Gasteiger charge is 2.11. The average molecular weight is 1550 g/mol. The lowest BCUT2D eigenvalue weighted by molar-refractivity contribution is -0.161. The number of ether oxygens (including phenoxy) is 2. The summed E-state index contributed by atoms with van der Waals surface area (Å²) in [4.78, 5) is 38.4. The van der Waals surface area contributed by atoms with Crippen LogP contribution in [0, 0.1) is 0 Å². The van der Waals surface area contributed by atoms with E-state index in [0.29, 0.717) is 0 Å². The van der Waals surface area contributed by atoms with Crippen molar-refractivity contribution in [2.45, 2.75) is 277 Å². The van der Waals surface area contributed by atoms with Gasteiger partial charge in [0.05, 0.1) is 26.6 Å². The predicted molar refractivity (Wildman–Crippen MR) is 481 cm³/mol. The van der Waals surface area contributed by atoms with Crippen LogP contribution in [0.3, 0.4) is 0 Å². The summed E-state index contributed by atoms with van der Waals surface area (Å²) in [5, 5.41) is 1.89. The topological polar surface area (TPSA) is 76.3 Å². The fourth-order valence-corrected chi connectivity index (χ4v) is 15.3. The largest absolute Gasteiger partial charge is 0.379 e. The normalized spacial score (nSPS) is 25.0. The van der Waals surface area contributed by atoms with Crippen LogP contribution in [0.4, 0.5) is 0 Å². The molecule has 15 fully saturated rings. The quantitative estimate of drug-likeness (QED) is 0.231. The summed E-state index contributed by atoms with van der Waals surface area (Å²) in [5.74, 6) is 0. The number of nitrogens with zero attached hydrogens (tertiary/aromatic N) is 15. The van der Waals surface area contributed by atoms with Crippen molar-refractivity contribution in [3.8, 4) is 0 Å². The molecule has 109 heavy (non-hydrogen) atoms. The molecule has 15 rings (SSSR count). The number of rotatable bonds is 0. The molecule has 0 atom stereocenters. The van der Waals surface area contributed by atoms with E-state index < -0.39 is 0 Å². The van der Waals surface area contributed by atoms with Gasteiger partial charge in [0.2, 0.25) is 0 Å². The number of likely N-dealkylation sites (N-methyl/N-ethyl adjacent to an activating group) is 1. The molecule has 0 spiro atoms. The maximum atomic E-state index is 5.11. The van der Waals surface area contributed by atoms with Gasteiger partial charge in [0, 0.05) is 39.8 Å². The van der Waals surface area contributed by atoms with Gasteiger partial charge < -0.3 is 73.2 Å². The fraction of sp³-hybridized carbons (Fsp3) is 1.00. The molecule has 18 heteroatoms. The molecule has 0 unspecified atom stereocenters. The second-order valence-electron chi connectivity index (χ2n) is 35.2. The highest BCUT2D eigenvalue weighted by Crippen LogP contribution is 2.13. The molecule has 0 aromatic carbocycles. The van der Waals surface area contributed by atoms with Crippen molar-refractivity contribution in [3.05, 3.63) is 0 Å². The second-order valence-corrected chi connectivity index (χ2v) is 35.2. The van der Waals surface area contributed by atoms with Crippen LogP contribution in [-0.2, 0) is 14.3 Å². The van der Waals surface area contributed by atoms with E-state index in [4.69, 9.17) is 14.3 Å². The highest BCUT2D eigenvalue weighted by atomic mass is 16.7. The third-order valence-electron chi connectivity index (χ3n) is 23.3. The molecular formula is C91H199N15O3. The molecule has 0 amide bonds. The number of hydrogen-bond donors (Lipinski definition) is 0. The Kier molecular flexibility index (Phi) is 80.5. The molecule has 15 aliphatic heterocycles. The molecule has 15 aliphatic rings. The predicted octanol–water partition coefficient (Wildman–Crippen LogP) is 15.9. The lowest BCUT2D eigenvalue weighted by Gasteiger charge is -2.21. The minimum atomic E-state index is 0. The third-order valence-corrected chi connectivity index (χ3v) is 23.3. The molecule has 0 N–H and O–H groups in total. The number of morpholine rings is 1. The first-order valence-corrected chi connectivity index (χ1v) is 46.5. The zero-order chi connectivity index (χ0) is 78.8. The molecule has 15 saturated heterocycles. The molecule has 0 saturated carbocycles. The average Bonchev–Trinajstić information content (AvgIpc) is 2.37. The number of likely N-dealkylation sites (tertiary alicyclic amines) is 12. The van der Waals surface area contributed by atoms with E-state index in [1.807, 2.05) is 12.1 Å². The summed E-state index contributed by atoms with van der Waals surface area (Å²) in [6.45, 7) is 40.7. The molecule has 0 aliphatic carbocycles. The Balaban J connectivity index is 0.00000115. The van der Waals surface area contributed by atoms with Crippen LogP contribution < -0.4 is 0 Å². The van der Waals surface area contributed by atoms with E-state index in [0.717, 1.165) is 52.8 Å². The SMILES string of the molecule is C.CN1CCCC1.CN1CCCCC1.CN1CCCCC1.CN1CCCCC1.CN1CCCCC1.CN1CCCCC1.CN1CCCCC1.CN1CCCCC1.CN1CCCCCC1.CN1CCCCCC1.CN1CCCCCC1.CN1CCCCCC1.CN1CCCCO1.CN1CCCOC1.CN1CCOCC1. The van der Waals surface area contributed by atoms with Gasteiger partial charge in [-0.25, -0.2) is 0 Å². The van der Waals surface area contributed by atoms with Crippen molar-refractivity contribution < 1.29 is 14.3 Å². The van der Waals surface area contributed by atoms with Gasteiger partial charge in [-0.05, 0) is 429 Å². The van der Waals surface area contributed by atoms with Crippen molar-refractivity contribution in [2.75, 3.05) is 322 Å². The summed E-state index contributed by atoms with van der Waals surface area (Å²) in [5.41, 5.74) is 0. The first-order chi connectivity index (χ1) is 52.4. The van der Waals surface area contributed by atoms with Gasteiger partial charge in [-0.2, -0.15) is 5.06 Å². The standard InChI is InChI=1S/4C7H15N.7C6H13N.3C5H11NO.C5H11N.CH4/c4*1-8-6-4-2-3-5-7-8;7*1-7-5-3-2-4-6-7;1-6-2-4-7-5-3-6;1-6-3-2-4-7-5-6;1-6-4-2-3-5-7-6;1-6-4-2-3-5-6;/h4*2-7H2,1H3;7*2-6H2,1H3;3*2-5H2,1H3;2-5H2,1H3;1H4. The lowest BCUT2D eigenvalue weighted by Crippen LogP contribution is -2.32. The third kappa shape index (κ3) is 79.5. The smallest absolute Gasteiger partial charge is 0.0987 e. The van der Waals surface area contributed by atoms with Crippen LogP contribution >= 0.6 is 0 Å². The zero-order valence-electron chi connectivity index (χ0n) is 76.0. The number of hydrogen-bond acceptors (Lipinski definition) is 18. The summed E-state index contributed by atoms with van der Waals surface area (Å²) in [6.07, 6.45) is 59.4. The molecule has 0 aromatic rings. The Morgan fingerprint density at radius 1 is 0.128 bits per heavy atom. The van der Waals surface area contributed by atoms with Crippen LogP contribution in [0.25, 0.3) is 0 Å². The van der Waals surface area contributed by atoms with Crippen LogP contribution in [0.1, 0.15) is 277 Å². The Morgan fingerprint density at radius 2 is 0.284 bits per heavy atom. The van der Waals surface area contributed by atoms with E-state index in [9.17, 15) is 0 Å². The van der Waals surface area contributed by atoms with E-state index in [2.05, 4.69) is 167 Å². The monoisotopic (exact) mass is 1550 g/mol. The maximum absolute atomic E-state index is 5.11. The number of hydroxylamine groups is 2. The first-order valence-electron chi connectivity index (χ1n) is 46.5. The molecule has 15 heterocycles. The molecule has 0 bridgehead atoms. The minimum absolute atomic E-state index is 0. The van der Waals surface area contributed by atoms with Crippen LogP contribution in [0.15, 0.2) is 0 Å². The van der Waals surface area contributed by atoms with Gasteiger partial charge in [-0.1, -0.05) is 104 Å². The Labute approximate surface area is 683 Å². The zero-order valence-corrected chi connectivity index (χ0v) is 76.0. The van der Waals surface area contributed by atoms with Crippen molar-refractivity contribution >= 4 is 0 Å². The van der Waals surface area contributed by atoms with Gasteiger partial charge in [0.25, 0.3) is 0 Å². The molecule has 0 aromatic heterocycles. The van der Waals surface area contributed by atoms with Crippen molar-refractivity contribution in [1.29, 1.82) is 0 Å². The van der Waals surface area contributed by atoms with Crippen LogP contribution in [0.5, 0.6) is 0 Å². The number of piperidine rings is 7. The van der Waals surface area contributed by atoms with Crippen LogP contribution in [0.2, 0.25) is 0 Å². The summed E-state index contributed by atoms with van der Waals surface area (Å²) >= 11 is 0. The highest BCUT2D eigenvalue weighted by molar-refractivity contribution is 4.66. The van der Waals surface area contributed by atoms with Gasteiger partial charge in [0.1, 0.15) is 0 Å². The molecule has 0 radical (unpaired) electrons. The van der Waals surface area contributed by atoms with E-state index >= 15 is 0 Å². The van der Waals surface area contributed by atoms with Crippen molar-refractivity contribution in [3.63, 3.8) is 0 Å². The lowest BCUT2D eigenvalue weighted by atomic mass is 10.1. The summed E-state index contributed by atoms with van der Waals surface area (Å²) in [6, 6.07) is 0. The van der Waals surface area contributed by atoms with Crippen molar-refractivity contribution in [2.24, 2.45) is 0 Å². The van der Waals surface area contributed by atoms with Gasteiger partial charge >= 0.3 is 0 Å². The Morgan fingerprint density at radius 3 is 0.385 bits per heavy atom. The van der Waals surface area contributed by atoms with Gasteiger partial charge in [-0.3, -0.25) is 9.74 Å². The van der Waals surface area contributed by atoms with Crippen molar-refractivity contribution in [1.82, 2.24) is 73.7 Å².